The first kappa shape index (κ1) is 12.2. The Morgan fingerprint density at radius 3 is 2.23 bits per heavy atom. The van der Waals surface area contributed by atoms with Crippen LogP contribution in [-0.4, -0.2) is 17.0 Å². The number of ether oxygens (including phenoxy) is 1. The van der Waals surface area contributed by atoms with E-state index in [9.17, 15) is 9.59 Å². The molecule has 0 spiro atoms. The van der Waals surface area contributed by atoms with Crippen LogP contribution in [0.5, 0.6) is 5.75 Å². The van der Waals surface area contributed by atoms with E-state index >= 15 is 0 Å². The standard InChI is InChI=1S/C8H6O4.Na.H/c9-7(10)8(11)12-6-4-2-1-3-5-6;;/h1-5H,(H,9,10);;/q;+1;-1. The molecule has 0 bridgehead atoms. The summed E-state index contributed by atoms with van der Waals surface area (Å²) in [5.74, 6) is -2.65. The van der Waals surface area contributed by atoms with E-state index in [0.717, 1.165) is 0 Å². The predicted octanol–water partition coefficient (Wildman–Crippen LogP) is -2.21. The van der Waals surface area contributed by atoms with Crippen LogP contribution in [0.15, 0.2) is 30.3 Å². The van der Waals surface area contributed by atoms with Crippen LogP contribution in [0.4, 0.5) is 0 Å². The maximum atomic E-state index is 10.5. The molecule has 13 heavy (non-hydrogen) atoms. The van der Waals surface area contributed by atoms with E-state index in [2.05, 4.69) is 4.74 Å². The quantitative estimate of drug-likeness (QED) is 0.236. The second-order valence-electron chi connectivity index (χ2n) is 2.01. The number of carboxylic acids is 1. The van der Waals surface area contributed by atoms with Crippen molar-refractivity contribution < 1.29 is 50.4 Å². The van der Waals surface area contributed by atoms with Crippen molar-refractivity contribution in [1.29, 1.82) is 0 Å². The Kier molecular flexibility index (Phi) is 5.37. The molecule has 0 saturated heterocycles. The van der Waals surface area contributed by atoms with Gasteiger partial charge in [0.15, 0.2) is 0 Å². The van der Waals surface area contributed by atoms with Gasteiger partial charge in [-0.2, -0.15) is 0 Å². The molecule has 0 aliphatic rings. The van der Waals surface area contributed by atoms with E-state index in [0.29, 0.717) is 0 Å². The second-order valence-corrected chi connectivity index (χ2v) is 2.01. The first-order valence-corrected chi connectivity index (χ1v) is 3.20. The van der Waals surface area contributed by atoms with Crippen LogP contribution in [0, 0.1) is 0 Å². The summed E-state index contributed by atoms with van der Waals surface area (Å²) in [6.45, 7) is 0. The molecule has 0 saturated carbocycles. The fraction of sp³-hybridized carbons (Fsp3) is 0. The monoisotopic (exact) mass is 190 g/mol. The van der Waals surface area contributed by atoms with Gasteiger partial charge in [-0.1, -0.05) is 18.2 Å². The van der Waals surface area contributed by atoms with Crippen LogP contribution >= 0.6 is 0 Å². The average molecular weight is 190 g/mol. The largest absolute Gasteiger partial charge is 1.00 e. The number of rotatable bonds is 1. The second kappa shape index (κ2) is 5.75. The van der Waals surface area contributed by atoms with Crippen molar-refractivity contribution in [2.45, 2.75) is 0 Å². The molecule has 0 radical (unpaired) electrons. The molecule has 0 amide bonds. The number of carboxylic acid groups (broad SMARTS) is 1. The van der Waals surface area contributed by atoms with Crippen molar-refractivity contribution in [3.63, 3.8) is 0 Å². The average Bonchev–Trinajstić information content (AvgIpc) is 2.06. The molecule has 0 atom stereocenters. The van der Waals surface area contributed by atoms with Crippen molar-refractivity contribution >= 4 is 11.9 Å². The minimum absolute atomic E-state index is 0. The maximum Gasteiger partial charge on any atom is 1.00 e. The molecule has 0 aliphatic carbocycles. The molecule has 1 N–H and O–H groups in total. The van der Waals surface area contributed by atoms with Crippen LogP contribution < -0.4 is 34.3 Å². The van der Waals surface area contributed by atoms with E-state index in [1.54, 1.807) is 18.2 Å². The van der Waals surface area contributed by atoms with E-state index in [1.807, 2.05) is 0 Å². The number of hydrogen-bond acceptors (Lipinski definition) is 3. The maximum absolute atomic E-state index is 10.5. The van der Waals surface area contributed by atoms with Gasteiger partial charge in [-0.05, 0) is 12.1 Å². The number of aliphatic carboxylic acids is 1. The Morgan fingerprint density at radius 1 is 1.23 bits per heavy atom. The normalized spacial score (nSPS) is 8.31. The summed E-state index contributed by atoms with van der Waals surface area (Å²) in [7, 11) is 0. The molecule has 4 nitrogen and oxygen atoms in total. The summed E-state index contributed by atoms with van der Waals surface area (Å²) in [6.07, 6.45) is 0. The predicted molar refractivity (Wildman–Crippen MR) is 40.8 cm³/mol. The molecule has 5 heteroatoms. The molecule has 0 heterocycles. The van der Waals surface area contributed by atoms with Crippen molar-refractivity contribution in [2.24, 2.45) is 0 Å². The van der Waals surface area contributed by atoms with E-state index in [4.69, 9.17) is 5.11 Å². The molecule has 0 aromatic heterocycles. The minimum Gasteiger partial charge on any atom is -1.00 e. The zero-order valence-electron chi connectivity index (χ0n) is 8.06. The molecule has 1 aromatic rings. The molecule has 0 fully saturated rings. The zero-order valence-corrected chi connectivity index (χ0v) is 9.06. The molecule has 1 aromatic carbocycles. The van der Waals surface area contributed by atoms with Gasteiger partial charge in [-0.15, -0.1) is 0 Å². The number of esters is 1. The number of benzene rings is 1. The summed E-state index contributed by atoms with van der Waals surface area (Å²) >= 11 is 0. The Morgan fingerprint density at radius 2 is 1.77 bits per heavy atom. The Balaban J connectivity index is 0. The van der Waals surface area contributed by atoms with Gasteiger partial charge in [0.1, 0.15) is 5.75 Å². The van der Waals surface area contributed by atoms with E-state index < -0.39 is 11.9 Å². The molecule has 0 aliphatic heterocycles. The van der Waals surface area contributed by atoms with Gasteiger partial charge < -0.3 is 11.3 Å². The van der Waals surface area contributed by atoms with Gasteiger partial charge >= 0.3 is 41.5 Å². The number of carbonyl (C=O) groups excluding carboxylic acids is 1. The Hall–Kier alpha value is -0.840. The van der Waals surface area contributed by atoms with Gasteiger partial charge in [-0.3, -0.25) is 0 Å². The summed E-state index contributed by atoms with van der Waals surface area (Å²) in [5, 5.41) is 8.17. The van der Waals surface area contributed by atoms with Crippen molar-refractivity contribution in [1.82, 2.24) is 0 Å². The molecular formula is C8H7NaO4. The van der Waals surface area contributed by atoms with E-state index in [-0.39, 0.29) is 36.7 Å². The van der Waals surface area contributed by atoms with Crippen LogP contribution in [0.1, 0.15) is 1.43 Å². The van der Waals surface area contributed by atoms with Crippen LogP contribution in [0.25, 0.3) is 0 Å². The minimum atomic E-state index is -1.60. The first-order chi connectivity index (χ1) is 5.70. The molecular weight excluding hydrogens is 183 g/mol. The van der Waals surface area contributed by atoms with Gasteiger partial charge in [0.25, 0.3) is 0 Å². The van der Waals surface area contributed by atoms with Gasteiger partial charge in [0.05, 0.1) is 0 Å². The van der Waals surface area contributed by atoms with Crippen LogP contribution in [0.3, 0.4) is 0 Å². The van der Waals surface area contributed by atoms with Crippen LogP contribution in [-0.2, 0) is 9.59 Å². The third kappa shape index (κ3) is 4.07. The third-order valence-electron chi connectivity index (χ3n) is 1.13. The number of carbonyl (C=O) groups is 2. The van der Waals surface area contributed by atoms with E-state index in [1.165, 1.54) is 12.1 Å². The number of para-hydroxylation sites is 1. The smallest absolute Gasteiger partial charge is 1.00 e. The summed E-state index contributed by atoms with van der Waals surface area (Å²) in [4.78, 5) is 20.5. The van der Waals surface area contributed by atoms with Crippen molar-refractivity contribution in [3.8, 4) is 5.75 Å². The Labute approximate surface area is 98.3 Å². The van der Waals surface area contributed by atoms with Gasteiger partial charge in [0, 0.05) is 0 Å². The topological polar surface area (TPSA) is 63.6 Å². The fourth-order valence-corrected chi connectivity index (χ4v) is 0.639. The SMILES string of the molecule is O=C(O)C(=O)Oc1ccccc1.[H-].[Na+]. The van der Waals surface area contributed by atoms with Crippen molar-refractivity contribution in [2.75, 3.05) is 0 Å². The Bertz CT molecular complexity index is 301. The number of hydrogen-bond donors (Lipinski definition) is 1. The first-order valence-electron chi connectivity index (χ1n) is 3.20. The summed E-state index contributed by atoms with van der Waals surface area (Å²) < 4.78 is 4.44. The summed E-state index contributed by atoms with van der Waals surface area (Å²) in [6, 6.07) is 8.02. The third-order valence-corrected chi connectivity index (χ3v) is 1.13. The zero-order chi connectivity index (χ0) is 8.97. The molecule has 1 rings (SSSR count). The molecule has 64 valence electrons. The summed E-state index contributed by atoms with van der Waals surface area (Å²) in [5.41, 5.74) is 0. The van der Waals surface area contributed by atoms with Crippen LogP contribution in [0.2, 0.25) is 0 Å². The molecule has 0 unspecified atom stereocenters. The van der Waals surface area contributed by atoms with Gasteiger partial charge in [0.2, 0.25) is 0 Å². The fourth-order valence-electron chi connectivity index (χ4n) is 0.639. The van der Waals surface area contributed by atoms with Crippen molar-refractivity contribution in [3.05, 3.63) is 30.3 Å². The van der Waals surface area contributed by atoms with Gasteiger partial charge in [-0.25, -0.2) is 9.59 Å².